The smallest absolute Gasteiger partial charge is 0.409 e. The number of carbonyl (C=O) groups excluding carboxylic acids is 2. The summed E-state index contributed by atoms with van der Waals surface area (Å²) < 4.78 is 79.3. The highest BCUT2D eigenvalue weighted by Crippen LogP contribution is 2.40. The lowest BCUT2D eigenvalue weighted by atomic mass is 9.96. The Kier molecular flexibility index (Phi) is 5.11. The number of methoxy groups -OCH3 is 1. The van der Waals surface area contributed by atoms with Gasteiger partial charge in [0.25, 0.3) is 0 Å². The van der Waals surface area contributed by atoms with E-state index in [0.717, 1.165) is 7.11 Å². The summed E-state index contributed by atoms with van der Waals surface area (Å²) >= 11 is 0. The molecule has 0 aromatic rings. The monoisotopic (exact) mass is 321 g/mol. The molecule has 21 heavy (non-hydrogen) atoms. The number of ether oxygens (including phenoxy) is 1. The highest BCUT2D eigenvalue weighted by atomic mass is 19.4. The first kappa shape index (κ1) is 17.6. The van der Waals surface area contributed by atoms with Crippen LogP contribution in [-0.2, 0) is 14.3 Å². The van der Waals surface area contributed by atoms with Gasteiger partial charge in [0.15, 0.2) is 0 Å². The minimum Gasteiger partial charge on any atom is -0.469 e. The zero-order chi connectivity index (χ0) is 16.4. The topological polar surface area (TPSA) is 46.6 Å². The highest BCUT2D eigenvalue weighted by molar-refractivity contribution is 5.81. The van der Waals surface area contributed by atoms with Crippen LogP contribution in [-0.4, -0.2) is 49.3 Å². The summed E-state index contributed by atoms with van der Waals surface area (Å²) in [6.45, 7) is -0.761. The Hall–Kier alpha value is -1.48. The summed E-state index contributed by atoms with van der Waals surface area (Å²) in [4.78, 5) is 23.3. The summed E-state index contributed by atoms with van der Waals surface area (Å²) in [6, 6.07) is 0. The zero-order valence-corrected chi connectivity index (χ0v) is 10.9. The molecular formula is C11H13F6NO3. The lowest BCUT2D eigenvalue weighted by molar-refractivity contribution is -0.277. The predicted molar refractivity (Wildman–Crippen MR) is 56.9 cm³/mol. The molecule has 1 rings (SSSR count). The number of rotatable bonds is 2. The van der Waals surface area contributed by atoms with Gasteiger partial charge in [-0.3, -0.25) is 9.59 Å². The standard InChI is InChI=1S/C11H13F6NO3/c1-21-9(20)6-3-2-4-18(5-6)8(19)7(10(12,13)14)11(15,16)17/h6-7H,2-5H2,1H3/t6-/m0/s1. The second kappa shape index (κ2) is 6.10. The van der Waals surface area contributed by atoms with Crippen molar-refractivity contribution in [2.75, 3.05) is 20.2 Å². The maximum absolute atomic E-state index is 12.5. The Morgan fingerprint density at radius 3 is 2.10 bits per heavy atom. The molecule has 1 fully saturated rings. The minimum absolute atomic E-state index is 0.133. The number of hydrogen-bond donors (Lipinski definition) is 0. The summed E-state index contributed by atoms with van der Waals surface area (Å²) in [5.74, 6) is -7.82. The number of alkyl halides is 6. The van der Waals surface area contributed by atoms with E-state index in [-0.39, 0.29) is 19.4 Å². The minimum atomic E-state index is -5.73. The van der Waals surface area contributed by atoms with Gasteiger partial charge in [0, 0.05) is 13.1 Å². The van der Waals surface area contributed by atoms with Gasteiger partial charge in [0.05, 0.1) is 13.0 Å². The molecule has 0 spiro atoms. The number of amides is 1. The van der Waals surface area contributed by atoms with Crippen molar-refractivity contribution in [2.24, 2.45) is 11.8 Å². The molecule has 0 bridgehead atoms. The van der Waals surface area contributed by atoms with E-state index in [9.17, 15) is 35.9 Å². The lowest BCUT2D eigenvalue weighted by Gasteiger charge is -2.34. The van der Waals surface area contributed by atoms with Crippen molar-refractivity contribution in [3.05, 3.63) is 0 Å². The first-order chi connectivity index (χ1) is 9.48. The lowest BCUT2D eigenvalue weighted by Crippen LogP contribution is -2.52. The van der Waals surface area contributed by atoms with Crippen molar-refractivity contribution in [1.82, 2.24) is 4.90 Å². The normalized spacial score (nSPS) is 20.6. The van der Waals surface area contributed by atoms with E-state index in [4.69, 9.17) is 0 Å². The van der Waals surface area contributed by atoms with E-state index in [2.05, 4.69) is 4.74 Å². The Morgan fingerprint density at radius 1 is 1.14 bits per heavy atom. The van der Waals surface area contributed by atoms with E-state index in [0.29, 0.717) is 4.90 Å². The van der Waals surface area contributed by atoms with Crippen LogP contribution < -0.4 is 0 Å². The average Bonchev–Trinajstić information content (AvgIpc) is 2.34. The molecule has 10 heteroatoms. The van der Waals surface area contributed by atoms with E-state index in [1.807, 2.05) is 0 Å². The maximum Gasteiger partial charge on any atom is 0.409 e. The Bertz CT molecular complexity index is 392. The van der Waals surface area contributed by atoms with Gasteiger partial charge < -0.3 is 9.64 Å². The van der Waals surface area contributed by atoms with Crippen molar-refractivity contribution in [3.63, 3.8) is 0 Å². The summed E-state index contributed by atoms with van der Waals surface area (Å²) in [5, 5.41) is 0. The molecule has 0 unspecified atom stereocenters. The summed E-state index contributed by atoms with van der Waals surface area (Å²) in [7, 11) is 1.05. The SMILES string of the molecule is COC(=O)[C@H]1CCCN(C(=O)C(C(F)(F)F)C(F)(F)F)C1. The van der Waals surface area contributed by atoms with E-state index in [1.165, 1.54) is 0 Å². The molecule has 4 nitrogen and oxygen atoms in total. The Labute approximate surface area is 116 Å². The van der Waals surface area contributed by atoms with Crippen molar-refractivity contribution < 1.29 is 40.7 Å². The molecule has 1 atom stereocenters. The van der Waals surface area contributed by atoms with Gasteiger partial charge in [-0.05, 0) is 12.8 Å². The molecule has 1 amide bonds. The molecule has 0 aromatic carbocycles. The zero-order valence-electron chi connectivity index (χ0n) is 10.9. The van der Waals surface area contributed by atoms with Gasteiger partial charge >= 0.3 is 18.3 Å². The molecule has 122 valence electrons. The molecule has 0 aliphatic carbocycles. The molecule has 1 heterocycles. The van der Waals surface area contributed by atoms with E-state index < -0.39 is 42.6 Å². The number of likely N-dealkylation sites (tertiary alicyclic amines) is 1. The van der Waals surface area contributed by atoms with Crippen molar-refractivity contribution in [1.29, 1.82) is 0 Å². The van der Waals surface area contributed by atoms with Gasteiger partial charge in [0.2, 0.25) is 11.8 Å². The van der Waals surface area contributed by atoms with E-state index >= 15 is 0 Å². The predicted octanol–water partition coefficient (Wildman–Crippen LogP) is 2.14. The second-order valence-corrected chi connectivity index (χ2v) is 4.66. The largest absolute Gasteiger partial charge is 0.469 e. The summed E-state index contributed by atoms with van der Waals surface area (Å²) in [6.07, 6.45) is -11.1. The van der Waals surface area contributed by atoms with Gasteiger partial charge in [0.1, 0.15) is 0 Å². The second-order valence-electron chi connectivity index (χ2n) is 4.66. The molecular weight excluding hydrogens is 308 g/mol. The van der Waals surface area contributed by atoms with Crippen LogP contribution in [0.1, 0.15) is 12.8 Å². The fourth-order valence-corrected chi connectivity index (χ4v) is 2.18. The first-order valence-corrected chi connectivity index (χ1v) is 5.98. The van der Waals surface area contributed by atoms with Gasteiger partial charge in [-0.1, -0.05) is 0 Å². The fraction of sp³-hybridized carbons (Fsp3) is 0.818. The van der Waals surface area contributed by atoms with Crippen LogP contribution in [0.2, 0.25) is 0 Å². The molecule has 0 radical (unpaired) electrons. The third-order valence-corrected chi connectivity index (χ3v) is 3.17. The number of hydrogen-bond acceptors (Lipinski definition) is 3. The molecule has 1 saturated heterocycles. The van der Waals surface area contributed by atoms with Crippen LogP contribution in [0.15, 0.2) is 0 Å². The first-order valence-electron chi connectivity index (χ1n) is 5.98. The van der Waals surface area contributed by atoms with Crippen LogP contribution in [0.4, 0.5) is 26.3 Å². The maximum atomic E-state index is 12.5. The number of halogens is 6. The summed E-state index contributed by atoms with van der Waals surface area (Å²) in [5.41, 5.74) is 0. The van der Waals surface area contributed by atoms with Crippen LogP contribution >= 0.6 is 0 Å². The quantitative estimate of drug-likeness (QED) is 0.578. The molecule has 1 aliphatic rings. The third kappa shape index (κ3) is 4.24. The van der Waals surface area contributed by atoms with Crippen molar-refractivity contribution in [3.8, 4) is 0 Å². The Balaban J connectivity index is 2.92. The molecule has 0 aromatic heterocycles. The number of piperidine rings is 1. The van der Waals surface area contributed by atoms with Crippen LogP contribution in [0.3, 0.4) is 0 Å². The highest BCUT2D eigenvalue weighted by Gasteiger charge is 2.62. The van der Waals surface area contributed by atoms with E-state index in [1.54, 1.807) is 0 Å². The molecule has 1 aliphatic heterocycles. The number of esters is 1. The fourth-order valence-electron chi connectivity index (χ4n) is 2.18. The third-order valence-electron chi connectivity index (χ3n) is 3.17. The number of nitrogens with zero attached hydrogens (tertiary/aromatic N) is 1. The Morgan fingerprint density at radius 2 is 1.67 bits per heavy atom. The number of carbonyl (C=O) groups is 2. The van der Waals surface area contributed by atoms with Crippen LogP contribution in [0, 0.1) is 11.8 Å². The van der Waals surface area contributed by atoms with Gasteiger partial charge in [-0.15, -0.1) is 0 Å². The van der Waals surface area contributed by atoms with Crippen LogP contribution in [0.5, 0.6) is 0 Å². The van der Waals surface area contributed by atoms with Crippen molar-refractivity contribution >= 4 is 11.9 Å². The van der Waals surface area contributed by atoms with Crippen molar-refractivity contribution in [2.45, 2.75) is 25.2 Å². The average molecular weight is 321 g/mol. The van der Waals surface area contributed by atoms with Crippen LogP contribution in [0.25, 0.3) is 0 Å². The molecule has 0 N–H and O–H groups in total. The van der Waals surface area contributed by atoms with Gasteiger partial charge in [-0.25, -0.2) is 0 Å². The van der Waals surface area contributed by atoms with Gasteiger partial charge in [-0.2, -0.15) is 26.3 Å². The molecule has 0 saturated carbocycles.